The highest BCUT2D eigenvalue weighted by molar-refractivity contribution is 6.30. The van der Waals surface area contributed by atoms with Crippen LogP contribution in [0.4, 0.5) is 0 Å². The molecule has 6 nitrogen and oxygen atoms in total. The zero-order valence-electron chi connectivity index (χ0n) is 15.8. The van der Waals surface area contributed by atoms with Crippen molar-refractivity contribution in [3.8, 4) is 0 Å². The van der Waals surface area contributed by atoms with Gasteiger partial charge in [-0.15, -0.1) is 0 Å². The van der Waals surface area contributed by atoms with Crippen LogP contribution in [0.5, 0.6) is 0 Å². The predicted octanol–water partition coefficient (Wildman–Crippen LogP) is 3.88. The number of nitrogens with zero attached hydrogens (tertiary/aromatic N) is 2. The number of halogens is 1. The molecule has 0 bridgehead atoms. The maximum atomic E-state index is 12.7. The number of imidazole rings is 1. The minimum Gasteiger partial charge on any atom is -0.458 e. The van der Waals surface area contributed by atoms with E-state index in [4.69, 9.17) is 16.3 Å². The van der Waals surface area contributed by atoms with Gasteiger partial charge in [0.05, 0.1) is 5.69 Å². The topological polar surface area (TPSA) is 72.7 Å². The van der Waals surface area contributed by atoms with Crippen molar-refractivity contribution < 1.29 is 14.3 Å². The number of hydrogen-bond acceptors (Lipinski definition) is 4. The van der Waals surface area contributed by atoms with Gasteiger partial charge >= 0.3 is 5.97 Å². The van der Waals surface area contributed by atoms with Gasteiger partial charge in [0.1, 0.15) is 18.3 Å². The van der Waals surface area contributed by atoms with Crippen LogP contribution in [0.2, 0.25) is 5.02 Å². The predicted molar refractivity (Wildman–Crippen MR) is 107 cm³/mol. The van der Waals surface area contributed by atoms with Crippen molar-refractivity contribution in [1.82, 2.24) is 14.7 Å². The Balaban J connectivity index is 1.67. The number of aromatic nitrogens is 2. The van der Waals surface area contributed by atoms with Crippen molar-refractivity contribution in [2.24, 2.45) is 5.92 Å². The second-order valence-corrected chi connectivity index (χ2v) is 7.09. The molecule has 3 aromatic rings. The lowest BCUT2D eigenvalue weighted by Gasteiger charge is -2.22. The Morgan fingerprint density at radius 1 is 1.21 bits per heavy atom. The summed E-state index contributed by atoms with van der Waals surface area (Å²) in [5.74, 6) is -0.898. The van der Waals surface area contributed by atoms with Crippen molar-refractivity contribution in [1.29, 1.82) is 0 Å². The average molecular weight is 400 g/mol. The molecule has 28 heavy (non-hydrogen) atoms. The Morgan fingerprint density at radius 3 is 2.64 bits per heavy atom. The van der Waals surface area contributed by atoms with Crippen molar-refractivity contribution in [3.05, 3.63) is 71.1 Å². The maximum absolute atomic E-state index is 12.7. The summed E-state index contributed by atoms with van der Waals surface area (Å²) in [4.78, 5) is 29.6. The van der Waals surface area contributed by atoms with E-state index in [-0.39, 0.29) is 18.4 Å². The first-order chi connectivity index (χ1) is 13.5. The van der Waals surface area contributed by atoms with E-state index in [1.807, 2.05) is 48.8 Å². The summed E-state index contributed by atoms with van der Waals surface area (Å²) in [5.41, 5.74) is 1.86. The fraction of sp³-hybridized carbons (Fsp3) is 0.286. The van der Waals surface area contributed by atoms with Gasteiger partial charge in [-0.2, -0.15) is 0 Å². The number of hydrogen-bond donors (Lipinski definition) is 1. The van der Waals surface area contributed by atoms with E-state index in [9.17, 15) is 9.59 Å². The molecule has 1 aromatic carbocycles. The molecule has 0 unspecified atom stereocenters. The van der Waals surface area contributed by atoms with E-state index in [0.717, 1.165) is 12.1 Å². The van der Waals surface area contributed by atoms with Crippen LogP contribution in [0, 0.1) is 5.92 Å². The largest absolute Gasteiger partial charge is 0.458 e. The number of carbonyl (C=O) groups excluding carboxylic acids is 2. The fourth-order valence-corrected chi connectivity index (χ4v) is 2.91. The van der Waals surface area contributed by atoms with Gasteiger partial charge in [-0.3, -0.25) is 4.79 Å². The van der Waals surface area contributed by atoms with Crippen LogP contribution >= 0.6 is 11.6 Å². The van der Waals surface area contributed by atoms with Crippen LogP contribution < -0.4 is 5.32 Å². The molecule has 2 aromatic heterocycles. The monoisotopic (exact) mass is 399 g/mol. The lowest BCUT2D eigenvalue weighted by molar-refractivity contribution is -0.148. The third-order valence-corrected chi connectivity index (χ3v) is 4.89. The molecule has 1 amide bonds. The molecule has 2 heterocycles. The van der Waals surface area contributed by atoms with Crippen molar-refractivity contribution in [2.45, 2.75) is 32.9 Å². The zero-order chi connectivity index (χ0) is 20.1. The van der Waals surface area contributed by atoms with Crippen molar-refractivity contribution >= 4 is 29.1 Å². The van der Waals surface area contributed by atoms with E-state index in [1.165, 1.54) is 0 Å². The summed E-state index contributed by atoms with van der Waals surface area (Å²) in [5, 5.41) is 3.33. The normalized spacial score (nSPS) is 13.1. The van der Waals surface area contributed by atoms with E-state index in [2.05, 4.69) is 10.3 Å². The second-order valence-electron chi connectivity index (χ2n) is 6.65. The van der Waals surface area contributed by atoms with Crippen LogP contribution in [-0.4, -0.2) is 27.3 Å². The molecule has 0 aliphatic carbocycles. The molecule has 146 valence electrons. The van der Waals surface area contributed by atoms with E-state index in [0.29, 0.717) is 16.3 Å². The third kappa shape index (κ3) is 4.70. The van der Waals surface area contributed by atoms with Gasteiger partial charge < -0.3 is 14.5 Å². The molecular formula is C21H22ClN3O3. The molecule has 0 saturated heterocycles. The zero-order valence-corrected chi connectivity index (χ0v) is 16.5. The standard InChI is InChI=1S/C21H22ClN3O3/c1-3-14(2)19(24-20(26)15-7-9-16(22)10-8-15)21(27)28-13-17-12-25-11-5-4-6-18(25)23-17/h4-12,14,19H,3,13H2,1-2H3,(H,24,26)/t14-,19-/m0/s1. The highest BCUT2D eigenvalue weighted by atomic mass is 35.5. The van der Waals surface area contributed by atoms with E-state index < -0.39 is 12.0 Å². The van der Waals surface area contributed by atoms with E-state index in [1.54, 1.807) is 24.3 Å². The molecule has 0 aliphatic heterocycles. The number of esters is 1. The quantitative estimate of drug-likeness (QED) is 0.612. The fourth-order valence-electron chi connectivity index (χ4n) is 2.79. The number of carbonyl (C=O) groups is 2. The average Bonchev–Trinajstić information content (AvgIpc) is 3.13. The van der Waals surface area contributed by atoms with Crippen molar-refractivity contribution in [3.63, 3.8) is 0 Å². The van der Waals surface area contributed by atoms with E-state index >= 15 is 0 Å². The molecule has 0 spiro atoms. The van der Waals surface area contributed by atoms with Crippen LogP contribution in [-0.2, 0) is 16.1 Å². The van der Waals surface area contributed by atoms with Gasteiger partial charge in [-0.25, -0.2) is 9.78 Å². The second kappa shape index (κ2) is 8.89. The number of ether oxygens (including phenoxy) is 1. The van der Waals surface area contributed by atoms with Crippen LogP contribution in [0.15, 0.2) is 54.9 Å². The summed E-state index contributed by atoms with van der Waals surface area (Å²) in [6.07, 6.45) is 4.41. The number of pyridine rings is 1. The third-order valence-electron chi connectivity index (χ3n) is 4.64. The molecule has 7 heteroatoms. The smallest absolute Gasteiger partial charge is 0.329 e. The van der Waals surface area contributed by atoms with Gasteiger partial charge in [0.2, 0.25) is 0 Å². The minimum absolute atomic E-state index is 0.0459. The Kier molecular flexibility index (Phi) is 6.31. The lowest BCUT2D eigenvalue weighted by atomic mass is 9.99. The number of fused-ring (bicyclic) bond motifs is 1. The summed E-state index contributed by atoms with van der Waals surface area (Å²) < 4.78 is 7.31. The number of nitrogens with one attached hydrogen (secondary N) is 1. The van der Waals surface area contributed by atoms with Gasteiger partial charge in [-0.1, -0.05) is 37.9 Å². The number of benzene rings is 1. The summed E-state index contributed by atoms with van der Waals surface area (Å²) >= 11 is 5.86. The van der Waals surface area contributed by atoms with Gasteiger partial charge in [0.25, 0.3) is 5.91 Å². The molecular weight excluding hydrogens is 378 g/mol. The SMILES string of the molecule is CC[C@H](C)[C@H](NC(=O)c1ccc(Cl)cc1)C(=O)OCc1cn2ccccc2n1. The summed E-state index contributed by atoms with van der Waals surface area (Å²) in [6, 6.07) is 11.4. The summed E-state index contributed by atoms with van der Waals surface area (Å²) in [7, 11) is 0. The van der Waals surface area contributed by atoms with Gasteiger partial charge in [0, 0.05) is 23.0 Å². The highest BCUT2D eigenvalue weighted by Gasteiger charge is 2.28. The molecule has 0 fully saturated rings. The molecule has 0 aliphatic rings. The number of rotatable bonds is 7. The number of amides is 1. The van der Waals surface area contributed by atoms with Crippen LogP contribution in [0.25, 0.3) is 5.65 Å². The molecule has 0 radical (unpaired) electrons. The molecule has 3 rings (SSSR count). The first-order valence-electron chi connectivity index (χ1n) is 9.13. The van der Waals surface area contributed by atoms with Crippen LogP contribution in [0.1, 0.15) is 36.3 Å². The summed E-state index contributed by atoms with van der Waals surface area (Å²) in [6.45, 7) is 3.91. The van der Waals surface area contributed by atoms with Gasteiger partial charge in [-0.05, 0) is 42.3 Å². The first kappa shape index (κ1) is 19.9. The highest BCUT2D eigenvalue weighted by Crippen LogP contribution is 2.14. The van der Waals surface area contributed by atoms with Crippen LogP contribution in [0.3, 0.4) is 0 Å². The lowest BCUT2D eigenvalue weighted by Crippen LogP contribution is -2.46. The molecule has 0 saturated carbocycles. The van der Waals surface area contributed by atoms with Gasteiger partial charge in [0.15, 0.2) is 0 Å². The minimum atomic E-state index is -0.745. The molecule has 2 atom stereocenters. The molecule has 1 N–H and O–H groups in total. The Labute approximate surface area is 168 Å². The first-order valence-corrected chi connectivity index (χ1v) is 9.51. The maximum Gasteiger partial charge on any atom is 0.329 e. The Morgan fingerprint density at radius 2 is 1.96 bits per heavy atom. The van der Waals surface area contributed by atoms with Crippen molar-refractivity contribution in [2.75, 3.05) is 0 Å². The Hall–Kier alpha value is -2.86. The Bertz CT molecular complexity index is 935.